The molecule has 1 aromatic carbocycles. The summed E-state index contributed by atoms with van der Waals surface area (Å²) in [6, 6.07) is 5.33. The Morgan fingerprint density at radius 3 is 2.56 bits per heavy atom. The smallest absolute Gasteiger partial charge is 0.251 e. The van der Waals surface area contributed by atoms with Gasteiger partial charge in [-0.25, -0.2) is 15.0 Å². The quantitative estimate of drug-likeness (QED) is 0.775. The molecule has 0 radical (unpaired) electrons. The highest BCUT2D eigenvalue weighted by Crippen LogP contribution is 2.19. The minimum atomic E-state index is -0.122. The molecule has 2 heterocycles. The molecule has 0 spiro atoms. The van der Waals surface area contributed by atoms with Crippen molar-refractivity contribution in [2.45, 2.75) is 39.7 Å². The molecule has 0 fully saturated rings. The van der Waals surface area contributed by atoms with Gasteiger partial charge in [-0.3, -0.25) is 4.79 Å². The summed E-state index contributed by atoms with van der Waals surface area (Å²) in [6.45, 7) is 5.95. The standard InChI is InChI=1S/C19H23N5O/c1-5-6-16(18-20-9-10-24(18)4)23-19(25)14-7-8-15-17(11-14)22-13(3)12(2)21-15/h7-11,16H,5-6H2,1-4H3,(H,23,25)/t16-/m1/s1. The predicted octanol–water partition coefficient (Wildman–Crippen LogP) is 3.25. The lowest BCUT2D eigenvalue weighted by Gasteiger charge is -2.18. The second kappa shape index (κ2) is 7.01. The van der Waals surface area contributed by atoms with Crippen LogP contribution in [0, 0.1) is 13.8 Å². The Bertz CT molecular complexity index is 915. The number of fused-ring (bicyclic) bond motifs is 1. The zero-order valence-corrected chi connectivity index (χ0v) is 15.1. The molecular formula is C19H23N5O. The van der Waals surface area contributed by atoms with Crippen LogP contribution in [0.5, 0.6) is 0 Å². The van der Waals surface area contributed by atoms with Gasteiger partial charge in [0.25, 0.3) is 5.91 Å². The van der Waals surface area contributed by atoms with Gasteiger partial charge in [0.15, 0.2) is 0 Å². The molecule has 6 nitrogen and oxygen atoms in total. The zero-order valence-electron chi connectivity index (χ0n) is 15.1. The van der Waals surface area contributed by atoms with Crippen LogP contribution in [0.1, 0.15) is 53.4 Å². The predicted molar refractivity (Wildman–Crippen MR) is 97.3 cm³/mol. The van der Waals surface area contributed by atoms with Gasteiger partial charge in [0.1, 0.15) is 5.82 Å². The van der Waals surface area contributed by atoms with Crippen molar-refractivity contribution >= 4 is 16.9 Å². The topological polar surface area (TPSA) is 72.7 Å². The monoisotopic (exact) mass is 337 g/mol. The third kappa shape index (κ3) is 3.52. The van der Waals surface area contributed by atoms with Crippen molar-refractivity contribution in [1.29, 1.82) is 0 Å². The number of aryl methyl sites for hydroxylation is 3. The number of hydrogen-bond donors (Lipinski definition) is 1. The first kappa shape index (κ1) is 17.1. The van der Waals surface area contributed by atoms with Gasteiger partial charge in [-0.05, 0) is 38.5 Å². The highest BCUT2D eigenvalue weighted by Gasteiger charge is 2.19. The van der Waals surface area contributed by atoms with E-state index in [2.05, 4.69) is 27.2 Å². The molecule has 1 atom stereocenters. The van der Waals surface area contributed by atoms with E-state index in [1.165, 1.54) is 0 Å². The molecular weight excluding hydrogens is 314 g/mol. The van der Waals surface area contributed by atoms with Gasteiger partial charge in [-0.1, -0.05) is 13.3 Å². The van der Waals surface area contributed by atoms with E-state index >= 15 is 0 Å². The van der Waals surface area contributed by atoms with Crippen molar-refractivity contribution in [3.63, 3.8) is 0 Å². The van der Waals surface area contributed by atoms with E-state index < -0.39 is 0 Å². The fourth-order valence-corrected chi connectivity index (χ4v) is 2.88. The van der Waals surface area contributed by atoms with E-state index in [0.717, 1.165) is 41.1 Å². The molecule has 0 unspecified atom stereocenters. The molecule has 0 saturated heterocycles. The molecule has 2 aromatic heterocycles. The summed E-state index contributed by atoms with van der Waals surface area (Å²) in [7, 11) is 1.94. The summed E-state index contributed by atoms with van der Waals surface area (Å²) in [5, 5.41) is 3.10. The molecule has 0 aliphatic rings. The van der Waals surface area contributed by atoms with Crippen molar-refractivity contribution in [3.05, 3.63) is 53.4 Å². The molecule has 0 saturated carbocycles. The summed E-state index contributed by atoms with van der Waals surface area (Å²) < 4.78 is 1.94. The fourth-order valence-electron chi connectivity index (χ4n) is 2.88. The molecule has 0 aliphatic carbocycles. The van der Waals surface area contributed by atoms with Crippen molar-refractivity contribution in [3.8, 4) is 0 Å². The number of amides is 1. The first-order valence-electron chi connectivity index (χ1n) is 8.52. The van der Waals surface area contributed by atoms with Crippen LogP contribution >= 0.6 is 0 Å². The van der Waals surface area contributed by atoms with E-state index in [4.69, 9.17) is 0 Å². The van der Waals surface area contributed by atoms with Crippen LogP contribution in [0.4, 0.5) is 0 Å². The van der Waals surface area contributed by atoms with Crippen LogP contribution in [-0.4, -0.2) is 25.4 Å². The van der Waals surface area contributed by atoms with Gasteiger partial charge >= 0.3 is 0 Å². The SMILES string of the molecule is CCC[C@@H](NC(=O)c1ccc2nc(C)c(C)nc2c1)c1nccn1C. The van der Waals surface area contributed by atoms with Crippen molar-refractivity contribution < 1.29 is 4.79 Å². The number of carbonyl (C=O) groups excluding carboxylic acids is 1. The van der Waals surface area contributed by atoms with E-state index in [9.17, 15) is 4.79 Å². The summed E-state index contributed by atoms with van der Waals surface area (Å²) >= 11 is 0. The molecule has 0 aliphatic heterocycles. The minimum Gasteiger partial charge on any atom is -0.342 e. The van der Waals surface area contributed by atoms with Crippen molar-refractivity contribution in [2.75, 3.05) is 0 Å². The van der Waals surface area contributed by atoms with Crippen LogP contribution in [0.15, 0.2) is 30.6 Å². The molecule has 25 heavy (non-hydrogen) atoms. The third-order valence-electron chi connectivity index (χ3n) is 4.39. The Kier molecular flexibility index (Phi) is 4.79. The maximum Gasteiger partial charge on any atom is 0.251 e. The Morgan fingerprint density at radius 1 is 1.20 bits per heavy atom. The number of carbonyl (C=O) groups is 1. The molecule has 0 bridgehead atoms. The molecule has 1 N–H and O–H groups in total. The molecule has 130 valence electrons. The van der Waals surface area contributed by atoms with E-state index in [1.54, 1.807) is 18.3 Å². The number of nitrogens with one attached hydrogen (secondary N) is 1. The average molecular weight is 337 g/mol. The second-order valence-electron chi connectivity index (χ2n) is 6.31. The Labute approximate surface area is 147 Å². The molecule has 6 heteroatoms. The normalized spacial score (nSPS) is 12.3. The van der Waals surface area contributed by atoms with E-state index in [1.807, 2.05) is 37.7 Å². The second-order valence-corrected chi connectivity index (χ2v) is 6.31. The van der Waals surface area contributed by atoms with E-state index in [0.29, 0.717) is 5.56 Å². The first-order valence-corrected chi connectivity index (χ1v) is 8.52. The van der Waals surface area contributed by atoms with Gasteiger partial charge in [0, 0.05) is 25.0 Å². The lowest BCUT2D eigenvalue weighted by atomic mass is 10.1. The molecule has 1 amide bonds. The first-order chi connectivity index (χ1) is 12.0. The van der Waals surface area contributed by atoms with Crippen LogP contribution in [-0.2, 0) is 7.05 Å². The van der Waals surface area contributed by atoms with Crippen molar-refractivity contribution in [2.24, 2.45) is 7.05 Å². The van der Waals surface area contributed by atoms with Crippen LogP contribution < -0.4 is 5.32 Å². The molecule has 3 rings (SSSR count). The Morgan fingerprint density at radius 2 is 1.92 bits per heavy atom. The van der Waals surface area contributed by atoms with Gasteiger partial charge in [-0.15, -0.1) is 0 Å². The fraction of sp³-hybridized carbons (Fsp3) is 0.368. The van der Waals surface area contributed by atoms with Gasteiger partial charge in [0.05, 0.1) is 28.5 Å². The van der Waals surface area contributed by atoms with E-state index in [-0.39, 0.29) is 11.9 Å². The highest BCUT2D eigenvalue weighted by molar-refractivity contribution is 5.97. The van der Waals surface area contributed by atoms with Gasteiger partial charge in [0.2, 0.25) is 0 Å². The van der Waals surface area contributed by atoms with Gasteiger partial charge < -0.3 is 9.88 Å². The number of aromatic nitrogens is 4. The summed E-state index contributed by atoms with van der Waals surface area (Å²) in [4.78, 5) is 26.2. The zero-order chi connectivity index (χ0) is 18.0. The lowest BCUT2D eigenvalue weighted by molar-refractivity contribution is 0.0932. The number of hydrogen-bond acceptors (Lipinski definition) is 4. The largest absolute Gasteiger partial charge is 0.342 e. The number of nitrogens with zero attached hydrogens (tertiary/aromatic N) is 4. The van der Waals surface area contributed by atoms with Gasteiger partial charge in [-0.2, -0.15) is 0 Å². The van der Waals surface area contributed by atoms with Crippen molar-refractivity contribution in [1.82, 2.24) is 24.8 Å². The minimum absolute atomic E-state index is 0.112. The maximum atomic E-state index is 12.7. The van der Waals surface area contributed by atoms with Crippen LogP contribution in [0.25, 0.3) is 11.0 Å². The number of benzene rings is 1. The van der Waals surface area contributed by atoms with Crippen LogP contribution in [0.2, 0.25) is 0 Å². The lowest BCUT2D eigenvalue weighted by Crippen LogP contribution is -2.30. The highest BCUT2D eigenvalue weighted by atomic mass is 16.1. The maximum absolute atomic E-state index is 12.7. The summed E-state index contributed by atoms with van der Waals surface area (Å²) in [5.41, 5.74) is 3.90. The average Bonchev–Trinajstić information content (AvgIpc) is 3.01. The van der Waals surface area contributed by atoms with Crippen LogP contribution in [0.3, 0.4) is 0 Å². The summed E-state index contributed by atoms with van der Waals surface area (Å²) in [5.74, 6) is 0.741. The third-order valence-corrected chi connectivity index (χ3v) is 4.39. The number of imidazole rings is 1. The Balaban J connectivity index is 1.87. The molecule has 3 aromatic rings. The Hall–Kier alpha value is -2.76. The summed E-state index contributed by atoms with van der Waals surface area (Å²) in [6.07, 6.45) is 5.43. The number of rotatable bonds is 5.